The summed E-state index contributed by atoms with van der Waals surface area (Å²) in [5, 5.41) is 12.5. The van der Waals surface area contributed by atoms with Crippen molar-refractivity contribution in [3.05, 3.63) is 90.5 Å². The molecule has 6 rings (SSSR count). The Kier molecular flexibility index (Phi) is 5.43. The number of ether oxygens (including phenoxy) is 3. The van der Waals surface area contributed by atoms with Gasteiger partial charge in [-0.3, -0.25) is 0 Å². The molecular formula is C26H24N4O3. The first-order chi connectivity index (χ1) is 16.4. The topological polar surface area (TPSA) is 71.3 Å². The molecule has 33 heavy (non-hydrogen) atoms. The summed E-state index contributed by atoms with van der Waals surface area (Å²) in [4.78, 5) is 0. The van der Waals surface area contributed by atoms with E-state index in [0.717, 1.165) is 16.7 Å². The van der Waals surface area contributed by atoms with Crippen LogP contribution in [0.4, 0.5) is 0 Å². The second-order valence-electron chi connectivity index (χ2n) is 8.39. The van der Waals surface area contributed by atoms with Gasteiger partial charge in [-0.15, -0.1) is 5.10 Å². The van der Waals surface area contributed by atoms with Crippen LogP contribution in [-0.2, 0) is 20.8 Å². The summed E-state index contributed by atoms with van der Waals surface area (Å²) in [5.41, 5.74) is 4.42. The second kappa shape index (κ2) is 8.86. The maximum absolute atomic E-state index is 6.13. The first kappa shape index (κ1) is 20.2. The molecule has 3 heterocycles. The average molecular weight is 441 g/mol. The maximum Gasteiger partial charge on any atom is 0.182 e. The highest BCUT2D eigenvalue weighted by molar-refractivity contribution is 5.67. The number of fused-ring (bicyclic) bond motifs is 1. The Morgan fingerprint density at radius 3 is 2.21 bits per heavy atom. The fraction of sp³-hybridized carbons (Fsp3) is 0.269. The fourth-order valence-corrected chi connectivity index (χ4v) is 4.62. The van der Waals surface area contributed by atoms with Gasteiger partial charge >= 0.3 is 0 Å². The molecule has 0 radical (unpaired) electrons. The van der Waals surface area contributed by atoms with Crippen molar-refractivity contribution in [1.29, 1.82) is 0 Å². The van der Waals surface area contributed by atoms with Gasteiger partial charge < -0.3 is 14.2 Å². The molecule has 2 saturated heterocycles. The van der Waals surface area contributed by atoms with E-state index in [1.54, 1.807) is 0 Å². The second-order valence-corrected chi connectivity index (χ2v) is 8.39. The summed E-state index contributed by atoms with van der Waals surface area (Å²) < 4.78 is 20.2. The molecule has 4 atom stereocenters. The number of nitrogens with zero attached hydrogens (tertiary/aromatic N) is 4. The molecule has 7 nitrogen and oxygen atoms in total. The Morgan fingerprint density at radius 1 is 0.758 bits per heavy atom. The predicted octanol–water partition coefficient (Wildman–Crippen LogP) is 3.93. The van der Waals surface area contributed by atoms with E-state index < -0.39 is 0 Å². The van der Waals surface area contributed by atoms with Gasteiger partial charge in [0.15, 0.2) is 5.82 Å². The smallest absolute Gasteiger partial charge is 0.182 e. The number of tetrazole rings is 1. The van der Waals surface area contributed by atoms with E-state index in [1.807, 2.05) is 41.1 Å². The lowest BCUT2D eigenvalue weighted by Crippen LogP contribution is -2.32. The van der Waals surface area contributed by atoms with E-state index in [0.29, 0.717) is 25.6 Å². The predicted molar refractivity (Wildman–Crippen MR) is 122 cm³/mol. The first-order valence-corrected chi connectivity index (χ1v) is 11.2. The molecule has 2 fully saturated rings. The molecule has 2 aliphatic heterocycles. The van der Waals surface area contributed by atoms with E-state index in [2.05, 4.69) is 64.1 Å². The molecule has 4 aromatic rings. The van der Waals surface area contributed by atoms with E-state index in [-0.39, 0.29) is 24.4 Å². The summed E-state index contributed by atoms with van der Waals surface area (Å²) in [6.45, 7) is 1.53. The summed E-state index contributed by atoms with van der Waals surface area (Å²) in [7, 11) is 0. The first-order valence-electron chi connectivity index (χ1n) is 11.2. The van der Waals surface area contributed by atoms with E-state index in [4.69, 9.17) is 14.2 Å². The van der Waals surface area contributed by atoms with Gasteiger partial charge in [0.1, 0.15) is 24.4 Å². The molecule has 3 aromatic carbocycles. The van der Waals surface area contributed by atoms with Gasteiger partial charge in [-0.05, 0) is 27.1 Å². The minimum atomic E-state index is -0.142. The molecule has 0 bridgehead atoms. The number of benzene rings is 3. The molecular weight excluding hydrogens is 416 g/mol. The Bertz CT molecular complexity index is 1200. The zero-order valence-electron chi connectivity index (χ0n) is 18.0. The normalized spacial score (nSPS) is 24.1. The van der Waals surface area contributed by atoms with Gasteiger partial charge in [0.2, 0.25) is 0 Å². The van der Waals surface area contributed by atoms with Crippen LogP contribution >= 0.6 is 0 Å². The molecule has 0 amide bonds. The van der Waals surface area contributed by atoms with Crippen LogP contribution in [0.25, 0.3) is 22.5 Å². The van der Waals surface area contributed by atoms with Crippen LogP contribution in [0.1, 0.15) is 11.6 Å². The highest BCUT2D eigenvalue weighted by Gasteiger charge is 2.50. The zero-order chi connectivity index (χ0) is 22.0. The van der Waals surface area contributed by atoms with Crippen molar-refractivity contribution in [2.24, 2.45) is 0 Å². The third-order valence-corrected chi connectivity index (χ3v) is 6.35. The Morgan fingerprint density at radius 2 is 1.42 bits per heavy atom. The molecule has 7 heteroatoms. The lowest BCUT2D eigenvalue weighted by Gasteiger charge is -2.18. The Hall–Kier alpha value is -3.39. The average Bonchev–Trinajstić information content (AvgIpc) is 3.61. The molecule has 0 aliphatic carbocycles. The number of hydrogen-bond acceptors (Lipinski definition) is 6. The highest BCUT2D eigenvalue weighted by Crippen LogP contribution is 2.37. The van der Waals surface area contributed by atoms with E-state index in [1.165, 1.54) is 5.56 Å². The maximum atomic E-state index is 6.13. The van der Waals surface area contributed by atoms with Crippen LogP contribution < -0.4 is 0 Å². The van der Waals surface area contributed by atoms with Gasteiger partial charge in [-0.1, -0.05) is 84.9 Å². The van der Waals surface area contributed by atoms with Crippen molar-refractivity contribution < 1.29 is 14.2 Å². The van der Waals surface area contributed by atoms with Gasteiger partial charge in [-0.25, -0.2) is 4.68 Å². The van der Waals surface area contributed by atoms with Crippen molar-refractivity contribution >= 4 is 0 Å². The summed E-state index contributed by atoms with van der Waals surface area (Å²) in [6.07, 6.45) is -0.377. The van der Waals surface area contributed by atoms with Gasteiger partial charge in [0.05, 0.1) is 19.8 Å². The lowest BCUT2D eigenvalue weighted by molar-refractivity contribution is -0.0399. The van der Waals surface area contributed by atoms with Crippen molar-refractivity contribution in [3.63, 3.8) is 0 Å². The molecule has 2 aliphatic rings. The summed E-state index contributed by atoms with van der Waals surface area (Å²) >= 11 is 0. The van der Waals surface area contributed by atoms with Crippen molar-refractivity contribution in [1.82, 2.24) is 20.2 Å². The summed E-state index contributed by atoms with van der Waals surface area (Å²) in [6, 6.07) is 28.6. The third kappa shape index (κ3) is 3.95. The van der Waals surface area contributed by atoms with Crippen LogP contribution in [0.2, 0.25) is 0 Å². The SMILES string of the molecule is c1ccc(COC2COC3C2OCC3n2nnnc2-c2ccc(-c3ccccc3)cc2)cc1. The summed E-state index contributed by atoms with van der Waals surface area (Å²) in [5.74, 6) is 0.709. The van der Waals surface area contributed by atoms with Crippen molar-refractivity contribution in [2.75, 3.05) is 13.2 Å². The van der Waals surface area contributed by atoms with E-state index in [9.17, 15) is 0 Å². The third-order valence-electron chi connectivity index (χ3n) is 6.35. The number of aromatic nitrogens is 4. The van der Waals surface area contributed by atoms with Crippen LogP contribution in [0.15, 0.2) is 84.9 Å². The Labute approximate surface area is 191 Å². The molecule has 166 valence electrons. The van der Waals surface area contributed by atoms with Crippen molar-refractivity contribution in [2.45, 2.75) is 31.0 Å². The van der Waals surface area contributed by atoms with Gasteiger partial charge in [0.25, 0.3) is 0 Å². The van der Waals surface area contributed by atoms with Gasteiger partial charge in [-0.2, -0.15) is 0 Å². The minimum absolute atomic E-state index is 0.0980. The quantitative estimate of drug-likeness (QED) is 0.452. The number of rotatable bonds is 6. The Balaban J connectivity index is 1.17. The van der Waals surface area contributed by atoms with E-state index >= 15 is 0 Å². The zero-order valence-corrected chi connectivity index (χ0v) is 18.0. The van der Waals surface area contributed by atoms with Crippen LogP contribution in [0.5, 0.6) is 0 Å². The van der Waals surface area contributed by atoms with Gasteiger partial charge in [0, 0.05) is 5.56 Å². The van der Waals surface area contributed by atoms with Crippen LogP contribution in [0.3, 0.4) is 0 Å². The highest BCUT2D eigenvalue weighted by atomic mass is 16.6. The van der Waals surface area contributed by atoms with Crippen LogP contribution in [0, 0.1) is 0 Å². The molecule has 0 N–H and O–H groups in total. The molecule has 0 saturated carbocycles. The largest absolute Gasteiger partial charge is 0.370 e. The number of hydrogen-bond donors (Lipinski definition) is 0. The standard InChI is InChI=1S/C26H24N4O3/c1-3-7-18(8-4-1)15-31-23-17-33-24-22(16-32-25(23)24)30-26(27-28-29-30)21-13-11-20(12-14-21)19-9-5-2-6-10-19/h1-14,22-25H,15-17H2. The molecule has 4 unspecified atom stereocenters. The fourth-order valence-electron chi connectivity index (χ4n) is 4.62. The minimum Gasteiger partial charge on any atom is -0.370 e. The molecule has 0 spiro atoms. The van der Waals surface area contributed by atoms with Crippen LogP contribution in [-0.4, -0.2) is 51.7 Å². The van der Waals surface area contributed by atoms with Crippen molar-refractivity contribution in [3.8, 4) is 22.5 Å². The molecule has 1 aromatic heterocycles. The monoisotopic (exact) mass is 440 g/mol. The lowest BCUT2D eigenvalue weighted by atomic mass is 10.0.